The van der Waals surface area contributed by atoms with Crippen molar-refractivity contribution >= 4 is 11.7 Å². The second kappa shape index (κ2) is 8.30. The molecule has 1 amide bonds. The maximum atomic E-state index is 15.7. The Labute approximate surface area is 197 Å². The van der Waals surface area contributed by atoms with Crippen LogP contribution in [0.15, 0.2) is 42.9 Å². The Bertz CT molecular complexity index is 1240. The van der Waals surface area contributed by atoms with Gasteiger partial charge in [-0.05, 0) is 56.9 Å². The summed E-state index contributed by atoms with van der Waals surface area (Å²) < 4.78 is 20.8. The van der Waals surface area contributed by atoms with Crippen LogP contribution in [-0.2, 0) is 16.9 Å². The predicted octanol–water partition coefficient (Wildman–Crippen LogP) is 3.46. The molecule has 1 N–H and O–H groups in total. The molecule has 0 radical (unpaired) electrons. The number of nitrogens with one attached hydrogen (secondary N) is 1. The van der Waals surface area contributed by atoms with Crippen molar-refractivity contribution in [3.8, 4) is 17.3 Å². The summed E-state index contributed by atoms with van der Waals surface area (Å²) in [5.41, 5.74) is 0.597. The van der Waals surface area contributed by atoms with E-state index in [4.69, 9.17) is 9.72 Å². The summed E-state index contributed by atoms with van der Waals surface area (Å²) in [7, 11) is 1.46. The van der Waals surface area contributed by atoms with Gasteiger partial charge in [-0.25, -0.2) is 24.3 Å². The van der Waals surface area contributed by atoms with Crippen LogP contribution in [0.2, 0.25) is 0 Å². The summed E-state index contributed by atoms with van der Waals surface area (Å²) in [5, 5.41) is 3.59. The molecule has 1 spiro atoms. The number of halogens is 1. The van der Waals surface area contributed by atoms with Gasteiger partial charge in [0.1, 0.15) is 5.82 Å². The van der Waals surface area contributed by atoms with Gasteiger partial charge < -0.3 is 15.0 Å². The molecule has 176 valence electrons. The number of rotatable bonds is 4. The van der Waals surface area contributed by atoms with E-state index in [2.05, 4.69) is 26.3 Å². The number of amides is 1. The Hall–Kier alpha value is -3.62. The number of pyridine rings is 2. The number of aryl methyl sites for hydroxylation is 2. The summed E-state index contributed by atoms with van der Waals surface area (Å²) in [4.78, 5) is 32.4. The zero-order chi connectivity index (χ0) is 23.9. The summed E-state index contributed by atoms with van der Waals surface area (Å²) in [5.74, 6) is 1.20. The lowest BCUT2D eigenvalue weighted by Crippen LogP contribution is -2.48. The lowest BCUT2D eigenvalue weighted by molar-refractivity contribution is -0.142. The van der Waals surface area contributed by atoms with E-state index < -0.39 is 11.6 Å². The number of fused-ring (bicyclic) bond motifs is 1. The zero-order valence-electron chi connectivity index (χ0n) is 19.5. The van der Waals surface area contributed by atoms with Gasteiger partial charge in [-0.15, -0.1) is 0 Å². The highest BCUT2D eigenvalue weighted by molar-refractivity contribution is 5.86. The van der Waals surface area contributed by atoms with Crippen LogP contribution in [0.1, 0.15) is 36.6 Å². The van der Waals surface area contributed by atoms with Gasteiger partial charge in [-0.1, -0.05) is 0 Å². The van der Waals surface area contributed by atoms with Gasteiger partial charge in [0.05, 0.1) is 18.3 Å². The van der Waals surface area contributed by atoms with Crippen molar-refractivity contribution in [2.75, 3.05) is 25.5 Å². The molecular formula is C25H27FN6O2. The molecule has 1 saturated heterocycles. The minimum Gasteiger partial charge on any atom is -0.481 e. The molecule has 5 rings (SSSR count). The molecule has 0 unspecified atom stereocenters. The number of nitrogens with zero attached hydrogens (tertiary/aromatic N) is 5. The summed E-state index contributed by atoms with van der Waals surface area (Å²) >= 11 is 0. The largest absolute Gasteiger partial charge is 0.481 e. The third-order valence-corrected chi connectivity index (χ3v) is 6.88. The molecule has 0 aromatic carbocycles. The molecule has 9 heteroatoms. The average Bonchev–Trinajstić information content (AvgIpc) is 3.26. The van der Waals surface area contributed by atoms with Gasteiger partial charge in [-0.3, -0.25) is 4.79 Å². The van der Waals surface area contributed by atoms with Crippen LogP contribution >= 0.6 is 0 Å². The van der Waals surface area contributed by atoms with E-state index in [9.17, 15) is 4.79 Å². The van der Waals surface area contributed by atoms with Crippen molar-refractivity contribution in [1.29, 1.82) is 0 Å². The Kier molecular flexibility index (Phi) is 5.42. The molecule has 5 heterocycles. The maximum Gasteiger partial charge on any atom is 0.264 e. The minimum atomic E-state index is -2.17. The van der Waals surface area contributed by atoms with Crippen LogP contribution < -0.4 is 10.1 Å². The second-order valence-corrected chi connectivity index (χ2v) is 9.17. The summed E-state index contributed by atoms with van der Waals surface area (Å²) in [6.07, 6.45) is 7.27. The van der Waals surface area contributed by atoms with E-state index in [1.54, 1.807) is 23.4 Å². The van der Waals surface area contributed by atoms with Gasteiger partial charge >= 0.3 is 0 Å². The number of aromatic nitrogens is 4. The number of carbonyl (C=O) groups is 1. The van der Waals surface area contributed by atoms with Crippen molar-refractivity contribution in [1.82, 2.24) is 24.8 Å². The molecular weight excluding hydrogens is 435 g/mol. The molecule has 0 aliphatic carbocycles. The molecule has 2 atom stereocenters. The van der Waals surface area contributed by atoms with Crippen LogP contribution in [0.3, 0.4) is 0 Å². The number of anilines is 1. The smallest absolute Gasteiger partial charge is 0.264 e. The van der Waals surface area contributed by atoms with E-state index in [1.807, 2.05) is 6.92 Å². The number of likely N-dealkylation sites (tertiary alicyclic amines) is 1. The zero-order valence-corrected chi connectivity index (χ0v) is 19.5. The van der Waals surface area contributed by atoms with Crippen LogP contribution in [0, 0.1) is 6.92 Å². The van der Waals surface area contributed by atoms with Gasteiger partial charge in [0.2, 0.25) is 11.5 Å². The van der Waals surface area contributed by atoms with Gasteiger partial charge in [0.15, 0.2) is 5.82 Å². The van der Waals surface area contributed by atoms with Crippen molar-refractivity contribution in [3.63, 3.8) is 0 Å². The van der Waals surface area contributed by atoms with Crippen molar-refractivity contribution in [2.24, 2.45) is 0 Å². The van der Waals surface area contributed by atoms with Crippen molar-refractivity contribution < 1.29 is 13.9 Å². The third kappa shape index (κ3) is 3.85. The van der Waals surface area contributed by atoms with Gasteiger partial charge in [0.25, 0.3) is 5.91 Å². The molecule has 8 nitrogen and oxygen atoms in total. The fraction of sp³-hybridized carbons (Fsp3) is 0.400. The normalized spacial score (nSPS) is 21.0. The predicted molar refractivity (Wildman–Crippen MR) is 125 cm³/mol. The number of methoxy groups -OCH3 is 1. The molecule has 1 fully saturated rings. The lowest BCUT2D eigenvalue weighted by atomic mass is 9.86. The lowest BCUT2D eigenvalue weighted by Gasteiger charge is -2.37. The molecule has 0 saturated carbocycles. The SMILES string of the molecule is COc1cc([C@@](C)(F)C(=O)N2CC[C@@]3(CCc4cc(-c5ncccn5)c(C)nc4N3)C2)ccn1. The Morgan fingerprint density at radius 3 is 2.76 bits per heavy atom. The monoisotopic (exact) mass is 462 g/mol. The summed E-state index contributed by atoms with van der Waals surface area (Å²) in [6.45, 7) is 4.16. The number of ether oxygens (including phenoxy) is 1. The Morgan fingerprint density at radius 2 is 2.00 bits per heavy atom. The highest BCUT2D eigenvalue weighted by Crippen LogP contribution is 2.39. The van der Waals surface area contributed by atoms with Crippen LogP contribution in [0.5, 0.6) is 5.88 Å². The molecule has 3 aromatic rings. The first-order valence-electron chi connectivity index (χ1n) is 11.4. The van der Waals surface area contributed by atoms with E-state index in [1.165, 1.54) is 32.4 Å². The number of alkyl halides is 1. The van der Waals surface area contributed by atoms with Crippen LogP contribution in [-0.4, -0.2) is 56.5 Å². The molecule has 2 aliphatic heterocycles. The van der Waals surface area contributed by atoms with E-state index in [0.717, 1.165) is 41.9 Å². The van der Waals surface area contributed by atoms with Crippen LogP contribution in [0.25, 0.3) is 11.4 Å². The van der Waals surface area contributed by atoms with Crippen LogP contribution in [0.4, 0.5) is 10.2 Å². The second-order valence-electron chi connectivity index (χ2n) is 9.17. The first kappa shape index (κ1) is 22.2. The highest BCUT2D eigenvalue weighted by Gasteiger charge is 2.47. The van der Waals surface area contributed by atoms with E-state index in [0.29, 0.717) is 18.9 Å². The number of carbonyl (C=O) groups excluding carboxylic acids is 1. The molecule has 0 bridgehead atoms. The first-order chi connectivity index (χ1) is 16.3. The van der Waals surface area contributed by atoms with Gasteiger partial charge in [-0.2, -0.15) is 0 Å². The fourth-order valence-corrected chi connectivity index (χ4v) is 4.88. The van der Waals surface area contributed by atoms with E-state index >= 15 is 4.39 Å². The molecule has 2 aliphatic rings. The topological polar surface area (TPSA) is 93.1 Å². The van der Waals surface area contributed by atoms with Crippen molar-refractivity contribution in [2.45, 2.75) is 44.3 Å². The molecule has 34 heavy (non-hydrogen) atoms. The van der Waals surface area contributed by atoms with E-state index in [-0.39, 0.29) is 17.0 Å². The number of hydrogen-bond donors (Lipinski definition) is 1. The highest BCUT2D eigenvalue weighted by atomic mass is 19.1. The molecule has 3 aromatic heterocycles. The van der Waals surface area contributed by atoms with Gasteiger partial charge in [0, 0.05) is 48.9 Å². The Morgan fingerprint density at radius 1 is 1.21 bits per heavy atom. The fourth-order valence-electron chi connectivity index (χ4n) is 4.88. The third-order valence-electron chi connectivity index (χ3n) is 6.88. The standard InChI is InChI=1S/C25H27FN6O2/c1-16-19(22-28-9-4-10-29-22)13-17-5-7-25(31-21(17)30-16)8-12-32(15-25)23(33)24(2,26)18-6-11-27-20(14-18)34-3/h4,6,9-11,13-14H,5,7-8,12,15H2,1-3H3,(H,30,31)/t24-,25+/m1/s1. The maximum absolute atomic E-state index is 15.7. The van der Waals surface area contributed by atoms with Crippen molar-refractivity contribution in [3.05, 3.63) is 59.7 Å². The Balaban J connectivity index is 1.35. The summed E-state index contributed by atoms with van der Waals surface area (Å²) in [6, 6.07) is 6.87. The quantitative estimate of drug-likeness (QED) is 0.635. The average molecular weight is 463 g/mol. The number of hydrogen-bond acceptors (Lipinski definition) is 7. The first-order valence-corrected chi connectivity index (χ1v) is 11.4. The minimum absolute atomic E-state index is 0.236.